The molecule has 0 fully saturated rings. The SMILES string of the molecule is CC(C)CC(N)C(=O)NC(CCCN=C(N)N)C(=O)NC(CC(N)=O)C(=O)NC(CC(=O)O)C(=O)O. The highest BCUT2D eigenvalue weighted by Gasteiger charge is 2.32. The topological polar surface area (TPSA) is 295 Å². The Kier molecular flexibility index (Phi) is 14.1. The van der Waals surface area contributed by atoms with E-state index in [1.54, 1.807) is 0 Å². The maximum atomic E-state index is 13.0. The van der Waals surface area contributed by atoms with Crippen molar-refractivity contribution in [2.45, 2.75) is 70.1 Å². The summed E-state index contributed by atoms with van der Waals surface area (Å²) >= 11 is 0. The third-order valence-corrected chi connectivity index (χ3v) is 4.67. The van der Waals surface area contributed by atoms with Crippen molar-refractivity contribution in [2.75, 3.05) is 6.54 Å². The molecule has 0 heterocycles. The molecule has 0 aliphatic heterocycles. The minimum absolute atomic E-state index is 0.0183. The fraction of sp³-hybridized carbons (Fsp3) is 0.650. The maximum absolute atomic E-state index is 13.0. The number of nitrogens with one attached hydrogen (secondary N) is 3. The summed E-state index contributed by atoms with van der Waals surface area (Å²) < 4.78 is 0. The summed E-state index contributed by atoms with van der Waals surface area (Å²) in [6, 6.07) is -5.61. The number of carboxylic acid groups (broad SMARTS) is 2. The van der Waals surface area contributed by atoms with Crippen LogP contribution in [0.15, 0.2) is 4.99 Å². The van der Waals surface area contributed by atoms with E-state index in [1.165, 1.54) is 0 Å². The van der Waals surface area contributed by atoms with Crippen LogP contribution in [0.4, 0.5) is 0 Å². The van der Waals surface area contributed by atoms with Crippen LogP contribution in [-0.4, -0.2) is 82.5 Å². The zero-order chi connectivity index (χ0) is 28.0. The fourth-order valence-electron chi connectivity index (χ4n) is 3.00. The molecule has 0 aromatic rings. The van der Waals surface area contributed by atoms with Gasteiger partial charge in [-0.05, 0) is 25.2 Å². The Labute approximate surface area is 207 Å². The number of aliphatic imine (C=N–C) groups is 1. The van der Waals surface area contributed by atoms with E-state index in [9.17, 15) is 28.8 Å². The number of hydrogen-bond donors (Lipinski definition) is 9. The molecule has 13 N–H and O–H groups in total. The Hall–Kier alpha value is -3.95. The summed E-state index contributed by atoms with van der Waals surface area (Å²) in [6.45, 7) is 3.84. The van der Waals surface area contributed by atoms with E-state index in [4.69, 9.17) is 33.1 Å². The average Bonchev–Trinajstić information content (AvgIpc) is 2.73. The van der Waals surface area contributed by atoms with E-state index < -0.39 is 72.6 Å². The molecule has 0 aliphatic carbocycles. The molecule has 4 amide bonds. The van der Waals surface area contributed by atoms with Crippen molar-refractivity contribution in [3.8, 4) is 0 Å². The predicted molar refractivity (Wildman–Crippen MR) is 127 cm³/mol. The van der Waals surface area contributed by atoms with Gasteiger partial charge < -0.3 is 49.1 Å². The highest BCUT2D eigenvalue weighted by atomic mass is 16.4. The van der Waals surface area contributed by atoms with Gasteiger partial charge in [-0.2, -0.15) is 0 Å². The number of carbonyl (C=O) groups is 6. The molecule has 4 unspecified atom stereocenters. The summed E-state index contributed by atoms with van der Waals surface area (Å²) in [5.41, 5.74) is 21.6. The number of guanidine groups is 1. The second kappa shape index (κ2) is 15.9. The van der Waals surface area contributed by atoms with Crippen molar-refractivity contribution in [3.63, 3.8) is 0 Å². The normalized spacial score (nSPS) is 14.0. The van der Waals surface area contributed by atoms with Crippen LogP contribution >= 0.6 is 0 Å². The Morgan fingerprint density at radius 3 is 1.81 bits per heavy atom. The molecule has 4 atom stereocenters. The van der Waals surface area contributed by atoms with Gasteiger partial charge in [-0.15, -0.1) is 0 Å². The van der Waals surface area contributed by atoms with E-state index >= 15 is 0 Å². The number of nitrogens with zero attached hydrogens (tertiary/aromatic N) is 1. The highest BCUT2D eigenvalue weighted by molar-refractivity contribution is 5.96. The molecule has 0 bridgehead atoms. The lowest BCUT2D eigenvalue weighted by atomic mass is 10.0. The molecule has 0 aromatic heterocycles. The number of nitrogens with two attached hydrogens (primary N) is 4. The van der Waals surface area contributed by atoms with Gasteiger partial charge in [0.1, 0.15) is 18.1 Å². The minimum Gasteiger partial charge on any atom is -0.481 e. The van der Waals surface area contributed by atoms with E-state index in [1.807, 2.05) is 19.2 Å². The van der Waals surface area contributed by atoms with Crippen LogP contribution in [0, 0.1) is 5.92 Å². The summed E-state index contributed by atoms with van der Waals surface area (Å²) in [6.07, 6.45) is -1.08. The fourth-order valence-corrected chi connectivity index (χ4v) is 3.00. The molecular weight excluding hydrogens is 480 g/mol. The van der Waals surface area contributed by atoms with Crippen LogP contribution in [0.1, 0.15) is 46.0 Å². The van der Waals surface area contributed by atoms with E-state index in [0.717, 1.165) is 0 Å². The van der Waals surface area contributed by atoms with Gasteiger partial charge in [-0.3, -0.25) is 29.0 Å². The van der Waals surface area contributed by atoms with Gasteiger partial charge in [0.05, 0.1) is 18.9 Å². The zero-order valence-corrected chi connectivity index (χ0v) is 20.2. The summed E-state index contributed by atoms with van der Waals surface area (Å²) in [4.78, 5) is 75.4. The van der Waals surface area contributed by atoms with Crippen LogP contribution in [-0.2, 0) is 28.8 Å². The number of aliphatic carboxylic acids is 2. The van der Waals surface area contributed by atoms with Crippen molar-refractivity contribution < 1.29 is 39.0 Å². The van der Waals surface area contributed by atoms with Gasteiger partial charge in [-0.1, -0.05) is 13.8 Å². The molecular formula is C20H36N8O8. The Morgan fingerprint density at radius 1 is 0.806 bits per heavy atom. The van der Waals surface area contributed by atoms with Crippen molar-refractivity contribution in [1.29, 1.82) is 0 Å². The van der Waals surface area contributed by atoms with Crippen LogP contribution < -0.4 is 38.9 Å². The van der Waals surface area contributed by atoms with Gasteiger partial charge in [0, 0.05) is 6.54 Å². The van der Waals surface area contributed by atoms with Crippen molar-refractivity contribution >= 4 is 41.5 Å². The number of rotatable bonds is 17. The molecule has 0 saturated heterocycles. The standard InChI is InChI=1S/C20H36N8O8/c1-9(2)6-10(21)16(32)26-11(4-3-5-25-20(23)24)17(33)27-12(7-14(22)29)18(34)28-13(19(35)36)8-15(30)31/h9-13H,3-8,21H2,1-2H3,(H2,22,29)(H,26,32)(H,27,33)(H,28,34)(H,30,31)(H,35,36)(H4,23,24,25). The Balaban J connectivity index is 5.65. The van der Waals surface area contributed by atoms with Crippen molar-refractivity contribution in [3.05, 3.63) is 0 Å². The molecule has 204 valence electrons. The zero-order valence-electron chi connectivity index (χ0n) is 20.2. The molecule has 16 nitrogen and oxygen atoms in total. The summed E-state index contributed by atoms with van der Waals surface area (Å²) in [7, 11) is 0. The van der Waals surface area contributed by atoms with Gasteiger partial charge in [0.25, 0.3) is 0 Å². The number of carbonyl (C=O) groups excluding carboxylic acids is 4. The first-order valence-corrected chi connectivity index (χ1v) is 11.1. The lowest BCUT2D eigenvalue weighted by molar-refractivity contribution is -0.147. The van der Waals surface area contributed by atoms with E-state index in [2.05, 4.69) is 15.6 Å². The molecule has 0 saturated carbocycles. The van der Waals surface area contributed by atoms with E-state index in [-0.39, 0.29) is 31.3 Å². The van der Waals surface area contributed by atoms with Crippen molar-refractivity contribution in [2.24, 2.45) is 33.8 Å². The summed E-state index contributed by atoms with van der Waals surface area (Å²) in [5, 5.41) is 24.6. The van der Waals surface area contributed by atoms with Gasteiger partial charge in [-0.25, -0.2) is 4.79 Å². The average molecular weight is 517 g/mol. The first kappa shape index (κ1) is 32.0. The van der Waals surface area contributed by atoms with Gasteiger partial charge in [0.2, 0.25) is 23.6 Å². The third kappa shape index (κ3) is 13.7. The molecule has 0 radical (unpaired) electrons. The van der Waals surface area contributed by atoms with E-state index in [0.29, 0.717) is 6.42 Å². The third-order valence-electron chi connectivity index (χ3n) is 4.67. The quantitative estimate of drug-likeness (QED) is 0.0514. The molecule has 0 rings (SSSR count). The Morgan fingerprint density at radius 2 is 1.33 bits per heavy atom. The number of hydrogen-bond acceptors (Lipinski definition) is 8. The van der Waals surface area contributed by atoms with Gasteiger partial charge in [0.15, 0.2) is 5.96 Å². The Bertz CT molecular complexity index is 844. The first-order valence-electron chi connectivity index (χ1n) is 11.1. The van der Waals surface area contributed by atoms with Crippen molar-refractivity contribution in [1.82, 2.24) is 16.0 Å². The maximum Gasteiger partial charge on any atom is 0.326 e. The molecule has 16 heteroatoms. The largest absolute Gasteiger partial charge is 0.481 e. The van der Waals surface area contributed by atoms with Crippen LogP contribution in [0.3, 0.4) is 0 Å². The molecule has 36 heavy (non-hydrogen) atoms. The van der Waals surface area contributed by atoms with Crippen LogP contribution in [0.25, 0.3) is 0 Å². The smallest absolute Gasteiger partial charge is 0.326 e. The highest BCUT2D eigenvalue weighted by Crippen LogP contribution is 2.06. The monoisotopic (exact) mass is 516 g/mol. The lowest BCUT2D eigenvalue weighted by Crippen LogP contribution is -2.58. The second-order valence-corrected chi connectivity index (χ2v) is 8.47. The number of primary amides is 1. The first-order chi connectivity index (χ1) is 16.6. The van der Waals surface area contributed by atoms with Crippen LogP contribution in [0.5, 0.6) is 0 Å². The second-order valence-electron chi connectivity index (χ2n) is 8.47. The predicted octanol–water partition coefficient (Wildman–Crippen LogP) is -3.70. The summed E-state index contributed by atoms with van der Waals surface area (Å²) in [5.74, 6) is -6.91. The minimum atomic E-state index is -1.83. The molecule has 0 spiro atoms. The molecule has 0 aliphatic rings. The number of amides is 4. The van der Waals surface area contributed by atoms with Gasteiger partial charge >= 0.3 is 11.9 Å². The lowest BCUT2D eigenvalue weighted by Gasteiger charge is -2.24. The molecule has 0 aromatic carbocycles. The number of carboxylic acids is 2. The van der Waals surface area contributed by atoms with Crippen LogP contribution in [0.2, 0.25) is 0 Å².